The number of fused-ring (bicyclic) bond motifs is 2. The number of amides is 1. The SMILES string of the molecule is CC(C)(C)OC(=O)N1CC2CCC(C1)N2c1cccc(CO[Si](c2ccccc2)(c2ccccc2)C(C)(C)C)c1. The molecular formula is C34H44N2O3Si. The third-order valence-corrected chi connectivity index (χ3v) is 13.2. The van der Waals surface area contributed by atoms with E-state index in [-0.39, 0.29) is 11.1 Å². The van der Waals surface area contributed by atoms with Crippen molar-refractivity contribution in [3.8, 4) is 0 Å². The molecule has 0 aromatic heterocycles. The van der Waals surface area contributed by atoms with E-state index in [9.17, 15) is 4.79 Å². The Balaban J connectivity index is 1.39. The van der Waals surface area contributed by atoms with E-state index in [2.05, 4.69) is 111 Å². The van der Waals surface area contributed by atoms with Gasteiger partial charge in [0.1, 0.15) is 5.60 Å². The Morgan fingerprint density at radius 3 is 1.85 bits per heavy atom. The Labute approximate surface area is 241 Å². The van der Waals surface area contributed by atoms with E-state index >= 15 is 0 Å². The number of rotatable bonds is 6. The maximum absolute atomic E-state index is 12.8. The summed E-state index contributed by atoms with van der Waals surface area (Å²) in [5.74, 6) is 0. The molecule has 0 radical (unpaired) electrons. The van der Waals surface area contributed by atoms with Crippen molar-refractivity contribution in [1.82, 2.24) is 4.90 Å². The number of hydrogen-bond acceptors (Lipinski definition) is 4. The van der Waals surface area contributed by atoms with Crippen molar-refractivity contribution in [3.05, 3.63) is 90.5 Å². The number of likely N-dealkylation sites (tertiary alicyclic amines) is 1. The molecule has 2 aliphatic heterocycles. The lowest BCUT2D eigenvalue weighted by atomic mass is 10.1. The summed E-state index contributed by atoms with van der Waals surface area (Å²) in [6.45, 7) is 14.7. The second-order valence-corrected chi connectivity index (χ2v) is 17.6. The van der Waals surface area contributed by atoms with Gasteiger partial charge in [0, 0.05) is 30.9 Å². The van der Waals surface area contributed by atoms with Crippen molar-refractivity contribution >= 4 is 30.5 Å². The van der Waals surface area contributed by atoms with Crippen LogP contribution in [0.3, 0.4) is 0 Å². The van der Waals surface area contributed by atoms with E-state index in [4.69, 9.17) is 9.16 Å². The summed E-state index contributed by atoms with van der Waals surface area (Å²) in [6.07, 6.45) is 1.98. The number of carbonyl (C=O) groups is 1. The zero-order valence-electron chi connectivity index (χ0n) is 24.9. The van der Waals surface area contributed by atoms with Gasteiger partial charge in [-0.25, -0.2) is 4.79 Å². The van der Waals surface area contributed by atoms with Gasteiger partial charge in [-0.3, -0.25) is 0 Å². The molecule has 6 heteroatoms. The van der Waals surface area contributed by atoms with Gasteiger partial charge in [-0.15, -0.1) is 0 Å². The summed E-state index contributed by atoms with van der Waals surface area (Å²) < 4.78 is 12.9. The van der Waals surface area contributed by atoms with Gasteiger partial charge in [-0.2, -0.15) is 0 Å². The highest BCUT2D eigenvalue weighted by Gasteiger charge is 2.50. The van der Waals surface area contributed by atoms with Gasteiger partial charge < -0.3 is 19.0 Å². The molecule has 5 nitrogen and oxygen atoms in total. The molecule has 2 aliphatic rings. The van der Waals surface area contributed by atoms with Crippen molar-refractivity contribution in [2.24, 2.45) is 0 Å². The summed E-state index contributed by atoms with van der Waals surface area (Å²) in [5.41, 5.74) is 1.92. The van der Waals surface area contributed by atoms with Crippen LogP contribution in [0.5, 0.6) is 0 Å². The van der Waals surface area contributed by atoms with E-state index in [0.29, 0.717) is 31.8 Å². The van der Waals surface area contributed by atoms with Crippen LogP contribution in [-0.4, -0.2) is 50.1 Å². The molecule has 3 aromatic rings. The van der Waals surface area contributed by atoms with Crippen molar-refractivity contribution in [2.45, 2.75) is 83.7 Å². The fourth-order valence-corrected chi connectivity index (χ4v) is 11.1. The molecule has 5 rings (SSSR count). The average molecular weight is 557 g/mol. The lowest BCUT2D eigenvalue weighted by molar-refractivity contribution is 0.0209. The third kappa shape index (κ3) is 5.70. The fourth-order valence-electron chi connectivity index (χ4n) is 6.56. The highest BCUT2D eigenvalue weighted by atomic mass is 28.4. The summed E-state index contributed by atoms with van der Waals surface area (Å²) in [7, 11) is -2.62. The Bertz CT molecular complexity index is 1250. The fraction of sp³-hybridized carbons (Fsp3) is 0.441. The van der Waals surface area contributed by atoms with Gasteiger partial charge in [-0.1, -0.05) is 93.6 Å². The first-order valence-corrected chi connectivity index (χ1v) is 16.5. The van der Waals surface area contributed by atoms with Crippen molar-refractivity contribution in [3.63, 3.8) is 0 Å². The predicted octanol–water partition coefficient (Wildman–Crippen LogP) is 6.35. The first-order chi connectivity index (χ1) is 19.0. The van der Waals surface area contributed by atoms with E-state index in [0.717, 1.165) is 12.8 Å². The van der Waals surface area contributed by atoms with Crippen LogP contribution in [0.25, 0.3) is 0 Å². The third-order valence-electron chi connectivity index (χ3n) is 8.21. The normalized spacial score (nSPS) is 19.6. The number of ether oxygens (including phenoxy) is 1. The van der Waals surface area contributed by atoms with Gasteiger partial charge in [0.05, 0.1) is 6.61 Å². The molecular weight excluding hydrogens is 512 g/mol. The molecule has 1 amide bonds. The monoisotopic (exact) mass is 556 g/mol. The van der Waals surface area contributed by atoms with Gasteiger partial charge in [0.25, 0.3) is 8.32 Å². The summed E-state index contributed by atoms with van der Waals surface area (Å²) >= 11 is 0. The molecule has 3 aromatic carbocycles. The van der Waals surface area contributed by atoms with E-state index in [1.54, 1.807) is 0 Å². The topological polar surface area (TPSA) is 42.0 Å². The number of hydrogen-bond donors (Lipinski definition) is 0. The smallest absolute Gasteiger partial charge is 0.410 e. The maximum atomic E-state index is 12.8. The van der Waals surface area contributed by atoms with Crippen LogP contribution < -0.4 is 15.3 Å². The molecule has 2 saturated heterocycles. The quantitative estimate of drug-likeness (QED) is 0.332. The van der Waals surface area contributed by atoms with Crippen LogP contribution >= 0.6 is 0 Å². The molecule has 2 unspecified atom stereocenters. The van der Waals surface area contributed by atoms with E-state index < -0.39 is 13.9 Å². The number of anilines is 1. The van der Waals surface area contributed by atoms with Crippen LogP contribution in [0.15, 0.2) is 84.9 Å². The maximum Gasteiger partial charge on any atom is 0.410 e. The van der Waals surface area contributed by atoms with Gasteiger partial charge >= 0.3 is 6.09 Å². The lowest BCUT2D eigenvalue weighted by Gasteiger charge is -2.43. The molecule has 2 heterocycles. The zero-order chi connectivity index (χ0) is 28.5. The van der Waals surface area contributed by atoms with Crippen molar-refractivity contribution in [2.75, 3.05) is 18.0 Å². The highest BCUT2D eigenvalue weighted by molar-refractivity contribution is 6.99. The number of benzene rings is 3. The minimum absolute atomic E-state index is 0.0651. The second kappa shape index (κ2) is 11.1. The van der Waals surface area contributed by atoms with E-state index in [1.165, 1.54) is 21.6 Å². The predicted molar refractivity (Wildman–Crippen MR) is 166 cm³/mol. The average Bonchev–Trinajstić information content (AvgIpc) is 3.17. The molecule has 0 aliphatic carbocycles. The highest BCUT2D eigenvalue weighted by Crippen LogP contribution is 2.39. The Hall–Kier alpha value is -3.09. The Morgan fingerprint density at radius 1 is 0.800 bits per heavy atom. The molecule has 2 fully saturated rings. The zero-order valence-corrected chi connectivity index (χ0v) is 25.9. The molecule has 212 valence electrons. The van der Waals surface area contributed by atoms with E-state index in [1.807, 2.05) is 25.7 Å². The standard InChI is InChI=1S/C34H44N2O3Si/c1-33(2,3)39-32(37)35-23-28-20-21-29(24-35)36(28)27-15-13-14-26(22-27)25-38-40(34(4,5)6,30-16-9-7-10-17-30)31-18-11-8-12-19-31/h7-19,22,28-29H,20-21,23-25H2,1-6H3. The van der Waals surface area contributed by atoms with Gasteiger partial charge in [0.15, 0.2) is 0 Å². The molecule has 0 saturated carbocycles. The van der Waals surface area contributed by atoms with Crippen LogP contribution in [0.2, 0.25) is 5.04 Å². The summed E-state index contributed by atoms with van der Waals surface area (Å²) in [5, 5.41) is 2.52. The summed E-state index contributed by atoms with van der Waals surface area (Å²) in [4.78, 5) is 17.2. The molecule has 2 atom stereocenters. The molecule has 2 bridgehead atoms. The molecule has 0 spiro atoms. The minimum atomic E-state index is -2.62. The summed E-state index contributed by atoms with van der Waals surface area (Å²) in [6, 6.07) is 31.1. The van der Waals surface area contributed by atoms with Crippen molar-refractivity contribution in [1.29, 1.82) is 0 Å². The largest absolute Gasteiger partial charge is 0.444 e. The minimum Gasteiger partial charge on any atom is -0.444 e. The van der Waals surface area contributed by atoms with Crippen LogP contribution in [0, 0.1) is 0 Å². The first kappa shape index (κ1) is 28.4. The Morgan fingerprint density at radius 2 is 1.35 bits per heavy atom. The second-order valence-electron chi connectivity index (χ2n) is 13.3. The van der Waals surface area contributed by atoms with Crippen LogP contribution in [0.4, 0.5) is 10.5 Å². The Kier molecular flexibility index (Phi) is 7.86. The molecule has 0 N–H and O–H groups in total. The van der Waals surface area contributed by atoms with Crippen LogP contribution in [0.1, 0.15) is 59.9 Å². The number of piperazine rings is 1. The number of carbonyl (C=O) groups excluding carboxylic acids is 1. The van der Waals surface area contributed by atoms with Gasteiger partial charge in [0.2, 0.25) is 0 Å². The van der Waals surface area contributed by atoms with Crippen LogP contribution in [-0.2, 0) is 15.8 Å². The first-order valence-electron chi connectivity index (χ1n) is 14.6. The van der Waals surface area contributed by atoms with Crippen molar-refractivity contribution < 1.29 is 14.0 Å². The number of nitrogens with zero attached hydrogens (tertiary/aromatic N) is 2. The molecule has 40 heavy (non-hydrogen) atoms. The van der Waals surface area contributed by atoms with Gasteiger partial charge in [-0.05, 0) is 66.7 Å². The lowest BCUT2D eigenvalue weighted by Crippen LogP contribution is -2.66.